The maximum absolute atomic E-state index is 5.62. The van der Waals surface area contributed by atoms with Gasteiger partial charge in [0.05, 0.1) is 13.2 Å². The smallest absolute Gasteiger partial charge is 0.224 e. The van der Waals surface area contributed by atoms with Crippen LogP contribution < -0.4 is 5.32 Å². The standard InChI is InChI=1S/C10H14ClN3O/c1-8(2)7-15-6-5-12-9-3-4-13-10(11)14-9/h3-4H,1,5-7H2,2H3,(H,12,13,14). The molecule has 15 heavy (non-hydrogen) atoms. The highest BCUT2D eigenvalue weighted by Crippen LogP contribution is 2.04. The quantitative estimate of drug-likeness (QED) is 0.460. The van der Waals surface area contributed by atoms with Crippen molar-refractivity contribution in [2.24, 2.45) is 0 Å². The van der Waals surface area contributed by atoms with Gasteiger partial charge in [-0.1, -0.05) is 12.2 Å². The summed E-state index contributed by atoms with van der Waals surface area (Å²) in [4.78, 5) is 7.75. The Kier molecular flexibility index (Phi) is 5.07. The number of nitrogens with one attached hydrogen (secondary N) is 1. The van der Waals surface area contributed by atoms with E-state index in [0.29, 0.717) is 25.6 Å². The Labute approximate surface area is 94.3 Å². The summed E-state index contributed by atoms with van der Waals surface area (Å²) >= 11 is 5.62. The average Bonchev–Trinajstić information content (AvgIpc) is 2.17. The molecule has 0 bridgehead atoms. The molecule has 0 radical (unpaired) electrons. The Hall–Kier alpha value is -1.13. The minimum atomic E-state index is 0.239. The molecule has 0 aliphatic rings. The van der Waals surface area contributed by atoms with Gasteiger partial charge in [-0.3, -0.25) is 0 Å². The van der Waals surface area contributed by atoms with Crippen molar-refractivity contribution in [3.05, 3.63) is 29.7 Å². The van der Waals surface area contributed by atoms with Gasteiger partial charge in [0, 0.05) is 12.7 Å². The molecular formula is C10H14ClN3O. The molecule has 1 heterocycles. The summed E-state index contributed by atoms with van der Waals surface area (Å²) in [7, 11) is 0. The van der Waals surface area contributed by atoms with Gasteiger partial charge in [-0.05, 0) is 24.6 Å². The molecule has 0 aliphatic carbocycles. The number of ether oxygens (including phenoxy) is 1. The second-order valence-electron chi connectivity index (χ2n) is 3.15. The fraction of sp³-hybridized carbons (Fsp3) is 0.400. The van der Waals surface area contributed by atoms with E-state index < -0.39 is 0 Å². The number of hydrogen-bond acceptors (Lipinski definition) is 4. The van der Waals surface area contributed by atoms with Crippen molar-refractivity contribution in [2.75, 3.05) is 25.1 Å². The fourth-order valence-electron chi connectivity index (χ4n) is 0.931. The molecule has 0 atom stereocenters. The highest BCUT2D eigenvalue weighted by atomic mass is 35.5. The van der Waals surface area contributed by atoms with Crippen LogP contribution in [-0.2, 0) is 4.74 Å². The number of halogens is 1. The van der Waals surface area contributed by atoms with Crippen LogP contribution in [0, 0.1) is 0 Å². The molecule has 0 saturated carbocycles. The summed E-state index contributed by atoms with van der Waals surface area (Å²) in [6.45, 7) is 7.54. The summed E-state index contributed by atoms with van der Waals surface area (Å²) in [5, 5.41) is 3.31. The normalized spacial score (nSPS) is 10.0. The van der Waals surface area contributed by atoms with Crippen LogP contribution in [0.25, 0.3) is 0 Å². The molecule has 5 heteroatoms. The van der Waals surface area contributed by atoms with Crippen molar-refractivity contribution in [3.8, 4) is 0 Å². The fourth-order valence-corrected chi connectivity index (χ4v) is 1.08. The van der Waals surface area contributed by atoms with Crippen molar-refractivity contribution in [3.63, 3.8) is 0 Å². The summed E-state index contributed by atoms with van der Waals surface area (Å²) in [5.74, 6) is 0.703. The molecule has 82 valence electrons. The zero-order valence-electron chi connectivity index (χ0n) is 8.66. The van der Waals surface area contributed by atoms with E-state index >= 15 is 0 Å². The Balaban J connectivity index is 2.17. The van der Waals surface area contributed by atoms with Gasteiger partial charge in [-0.15, -0.1) is 0 Å². The molecule has 1 rings (SSSR count). The Morgan fingerprint density at radius 3 is 3.13 bits per heavy atom. The molecule has 0 amide bonds. The number of nitrogens with zero attached hydrogens (tertiary/aromatic N) is 2. The molecule has 0 aromatic carbocycles. The van der Waals surface area contributed by atoms with Crippen molar-refractivity contribution < 1.29 is 4.74 Å². The predicted octanol–water partition coefficient (Wildman–Crippen LogP) is 2.13. The minimum absolute atomic E-state index is 0.239. The van der Waals surface area contributed by atoms with Crippen LogP contribution in [0.3, 0.4) is 0 Å². The summed E-state index contributed by atoms with van der Waals surface area (Å²) in [6, 6.07) is 1.75. The maximum atomic E-state index is 5.62. The van der Waals surface area contributed by atoms with Gasteiger partial charge in [0.2, 0.25) is 5.28 Å². The lowest BCUT2D eigenvalue weighted by Crippen LogP contribution is -2.11. The van der Waals surface area contributed by atoms with Crippen LogP contribution in [0.5, 0.6) is 0 Å². The number of anilines is 1. The van der Waals surface area contributed by atoms with Crippen molar-refractivity contribution >= 4 is 17.4 Å². The van der Waals surface area contributed by atoms with E-state index in [1.165, 1.54) is 0 Å². The lowest BCUT2D eigenvalue weighted by atomic mass is 10.4. The molecule has 0 fully saturated rings. The van der Waals surface area contributed by atoms with Crippen LogP contribution in [0.2, 0.25) is 5.28 Å². The molecule has 1 N–H and O–H groups in total. The van der Waals surface area contributed by atoms with Crippen molar-refractivity contribution in [1.29, 1.82) is 0 Å². The monoisotopic (exact) mass is 227 g/mol. The van der Waals surface area contributed by atoms with Crippen molar-refractivity contribution in [1.82, 2.24) is 9.97 Å². The Morgan fingerprint density at radius 2 is 2.47 bits per heavy atom. The SMILES string of the molecule is C=C(C)COCCNc1ccnc(Cl)n1. The second kappa shape index (κ2) is 6.37. The zero-order valence-corrected chi connectivity index (χ0v) is 9.42. The third-order valence-electron chi connectivity index (χ3n) is 1.53. The highest BCUT2D eigenvalue weighted by Gasteiger charge is 1.95. The summed E-state index contributed by atoms with van der Waals surface area (Å²) < 4.78 is 5.31. The van der Waals surface area contributed by atoms with Crippen LogP contribution in [0.4, 0.5) is 5.82 Å². The summed E-state index contributed by atoms with van der Waals surface area (Å²) in [5.41, 5.74) is 1.01. The Morgan fingerprint density at radius 1 is 1.67 bits per heavy atom. The van der Waals surface area contributed by atoms with E-state index in [-0.39, 0.29) is 5.28 Å². The van der Waals surface area contributed by atoms with Gasteiger partial charge in [0.1, 0.15) is 5.82 Å². The van der Waals surface area contributed by atoms with E-state index in [1.807, 2.05) is 6.92 Å². The van der Waals surface area contributed by atoms with Gasteiger partial charge >= 0.3 is 0 Å². The molecule has 4 nitrogen and oxygen atoms in total. The van der Waals surface area contributed by atoms with Crippen molar-refractivity contribution in [2.45, 2.75) is 6.92 Å². The molecule has 0 spiro atoms. The summed E-state index contributed by atoms with van der Waals surface area (Å²) in [6.07, 6.45) is 1.60. The zero-order chi connectivity index (χ0) is 11.1. The van der Waals surface area contributed by atoms with E-state index in [9.17, 15) is 0 Å². The molecule has 0 unspecified atom stereocenters. The van der Waals surface area contributed by atoms with Gasteiger partial charge < -0.3 is 10.1 Å². The van der Waals surface area contributed by atoms with E-state index in [4.69, 9.17) is 16.3 Å². The van der Waals surface area contributed by atoms with E-state index in [2.05, 4.69) is 21.9 Å². The lowest BCUT2D eigenvalue weighted by molar-refractivity contribution is 0.167. The second-order valence-corrected chi connectivity index (χ2v) is 3.49. The highest BCUT2D eigenvalue weighted by molar-refractivity contribution is 6.28. The molecule has 0 aliphatic heterocycles. The third-order valence-corrected chi connectivity index (χ3v) is 1.71. The molecule has 1 aromatic rings. The first kappa shape index (κ1) is 11.9. The van der Waals surface area contributed by atoms with Crippen LogP contribution in [-0.4, -0.2) is 29.7 Å². The first-order valence-corrected chi connectivity index (χ1v) is 5.01. The Bertz CT molecular complexity index is 330. The predicted molar refractivity (Wildman–Crippen MR) is 61.2 cm³/mol. The first-order valence-electron chi connectivity index (χ1n) is 4.63. The van der Waals surface area contributed by atoms with Crippen LogP contribution in [0.15, 0.2) is 24.4 Å². The maximum Gasteiger partial charge on any atom is 0.224 e. The lowest BCUT2D eigenvalue weighted by Gasteiger charge is -2.06. The number of aromatic nitrogens is 2. The molecule has 0 saturated heterocycles. The van der Waals surface area contributed by atoms with E-state index in [1.54, 1.807) is 12.3 Å². The van der Waals surface area contributed by atoms with Gasteiger partial charge in [0.25, 0.3) is 0 Å². The average molecular weight is 228 g/mol. The van der Waals surface area contributed by atoms with Gasteiger partial charge in [0.15, 0.2) is 0 Å². The number of rotatable bonds is 6. The molecule has 1 aromatic heterocycles. The topological polar surface area (TPSA) is 47.0 Å². The van der Waals surface area contributed by atoms with Crippen LogP contribution >= 0.6 is 11.6 Å². The largest absolute Gasteiger partial charge is 0.375 e. The van der Waals surface area contributed by atoms with Crippen LogP contribution in [0.1, 0.15) is 6.92 Å². The first-order chi connectivity index (χ1) is 7.18. The molecular weight excluding hydrogens is 214 g/mol. The van der Waals surface area contributed by atoms with Gasteiger partial charge in [-0.2, -0.15) is 0 Å². The third kappa shape index (κ3) is 5.34. The number of hydrogen-bond donors (Lipinski definition) is 1. The minimum Gasteiger partial charge on any atom is -0.375 e. The van der Waals surface area contributed by atoms with E-state index in [0.717, 1.165) is 5.57 Å². The van der Waals surface area contributed by atoms with Gasteiger partial charge in [-0.25, -0.2) is 9.97 Å².